The molecular formula is C10H11ClN6O. The molecule has 2 heterocycles. The van der Waals surface area contributed by atoms with E-state index in [4.69, 9.17) is 17.3 Å². The van der Waals surface area contributed by atoms with E-state index < -0.39 is 0 Å². The zero-order valence-corrected chi connectivity index (χ0v) is 10.1. The summed E-state index contributed by atoms with van der Waals surface area (Å²) in [5, 5.41) is 2.83. The quantitative estimate of drug-likeness (QED) is 0.787. The number of nitrogens with two attached hydrogens (primary N) is 1. The predicted molar refractivity (Wildman–Crippen MR) is 66.3 cm³/mol. The Kier molecular flexibility index (Phi) is 3.85. The van der Waals surface area contributed by atoms with Crippen molar-refractivity contribution in [2.45, 2.75) is 6.54 Å². The van der Waals surface area contributed by atoms with Crippen LogP contribution in [0.4, 0.5) is 5.82 Å². The van der Waals surface area contributed by atoms with Gasteiger partial charge in [0.25, 0.3) is 5.91 Å². The third-order valence-corrected chi connectivity index (χ3v) is 2.34. The molecule has 2 aromatic heterocycles. The molecular weight excluding hydrogens is 256 g/mol. The lowest BCUT2D eigenvalue weighted by molar-refractivity contribution is 0.102. The lowest BCUT2D eigenvalue weighted by Crippen LogP contribution is -2.13. The van der Waals surface area contributed by atoms with Gasteiger partial charge in [0.2, 0.25) is 0 Å². The molecule has 0 aliphatic rings. The number of carbonyl (C=O) groups excluding carboxylic acids is 1. The first-order valence-electron chi connectivity index (χ1n) is 5.20. The molecule has 0 saturated heterocycles. The van der Waals surface area contributed by atoms with Gasteiger partial charge >= 0.3 is 0 Å². The fraction of sp³-hybridized carbons (Fsp3) is 0.200. The average molecular weight is 267 g/mol. The maximum Gasteiger partial charge on any atom is 0.277 e. The van der Waals surface area contributed by atoms with Crippen LogP contribution in [0.25, 0.3) is 0 Å². The van der Waals surface area contributed by atoms with Crippen LogP contribution >= 0.6 is 11.6 Å². The molecule has 0 aromatic carbocycles. The van der Waals surface area contributed by atoms with Crippen LogP contribution < -0.4 is 11.1 Å². The third kappa shape index (κ3) is 3.02. The maximum atomic E-state index is 11.8. The Labute approximate surface area is 108 Å². The first-order valence-corrected chi connectivity index (χ1v) is 5.57. The first kappa shape index (κ1) is 12.5. The van der Waals surface area contributed by atoms with E-state index >= 15 is 0 Å². The van der Waals surface area contributed by atoms with E-state index in [1.165, 1.54) is 12.4 Å². The summed E-state index contributed by atoms with van der Waals surface area (Å²) in [4.78, 5) is 23.4. The van der Waals surface area contributed by atoms with Crippen LogP contribution in [-0.4, -0.2) is 32.0 Å². The largest absolute Gasteiger partial charge is 0.335 e. The van der Waals surface area contributed by atoms with Crippen molar-refractivity contribution in [3.8, 4) is 0 Å². The Hall–Kier alpha value is -1.99. The van der Waals surface area contributed by atoms with Crippen molar-refractivity contribution in [3.05, 3.63) is 35.8 Å². The summed E-state index contributed by atoms with van der Waals surface area (Å²) < 4.78 is 1.74. The maximum absolute atomic E-state index is 11.8. The zero-order valence-electron chi connectivity index (χ0n) is 9.38. The van der Waals surface area contributed by atoms with Crippen molar-refractivity contribution in [2.75, 3.05) is 11.9 Å². The molecule has 18 heavy (non-hydrogen) atoms. The number of hydrogen-bond acceptors (Lipinski definition) is 5. The highest BCUT2D eigenvalue weighted by Gasteiger charge is 2.10. The molecule has 0 aliphatic heterocycles. The number of nitrogens with zero attached hydrogens (tertiary/aromatic N) is 4. The molecule has 0 radical (unpaired) electrons. The molecule has 0 saturated carbocycles. The van der Waals surface area contributed by atoms with Crippen LogP contribution in [0.1, 0.15) is 10.5 Å². The minimum absolute atomic E-state index is 0.258. The number of imidazole rings is 1. The van der Waals surface area contributed by atoms with Gasteiger partial charge in [-0.05, 0) is 0 Å². The molecule has 2 rings (SSSR count). The molecule has 94 valence electrons. The Morgan fingerprint density at radius 3 is 3.00 bits per heavy atom. The summed E-state index contributed by atoms with van der Waals surface area (Å²) >= 11 is 5.68. The molecule has 8 heteroatoms. The third-order valence-electron chi connectivity index (χ3n) is 2.13. The monoisotopic (exact) mass is 266 g/mol. The van der Waals surface area contributed by atoms with Crippen molar-refractivity contribution in [2.24, 2.45) is 5.73 Å². The minimum Gasteiger partial charge on any atom is -0.335 e. The number of aromatic nitrogens is 4. The highest BCUT2D eigenvalue weighted by Crippen LogP contribution is 2.09. The molecule has 0 atom stereocenters. The second-order valence-corrected chi connectivity index (χ2v) is 3.85. The minimum atomic E-state index is -0.361. The topological polar surface area (TPSA) is 98.7 Å². The van der Waals surface area contributed by atoms with E-state index in [9.17, 15) is 4.79 Å². The van der Waals surface area contributed by atoms with Crippen molar-refractivity contribution in [3.63, 3.8) is 0 Å². The summed E-state index contributed by atoms with van der Waals surface area (Å²) in [6, 6.07) is 1.45. The van der Waals surface area contributed by atoms with E-state index in [2.05, 4.69) is 20.3 Å². The van der Waals surface area contributed by atoms with Gasteiger partial charge in [0.15, 0.2) is 0 Å². The van der Waals surface area contributed by atoms with E-state index in [1.54, 1.807) is 17.1 Å². The number of carbonyl (C=O) groups is 1. The molecule has 0 aliphatic carbocycles. The highest BCUT2D eigenvalue weighted by atomic mass is 35.5. The fourth-order valence-corrected chi connectivity index (χ4v) is 1.48. The summed E-state index contributed by atoms with van der Waals surface area (Å²) in [5.41, 5.74) is 5.70. The zero-order chi connectivity index (χ0) is 13.0. The van der Waals surface area contributed by atoms with Gasteiger partial charge in [-0.25, -0.2) is 15.0 Å². The summed E-state index contributed by atoms with van der Waals surface area (Å²) in [6.07, 6.45) is 4.44. The van der Waals surface area contributed by atoms with Gasteiger partial charge in [0.05, 0.1) is 6.33 Å². The highest BCUT2D eigenvalue weighted by molar-refractivity contribution is 6.29. The van der Waals surface area contributed by atoms with E-state index in [-0.39, 0.29) is 16.8 Å². The van der Waals surface area contributed by atoms with Crippen LogP contribution in [0.3, 0.4) is 0 Å². The molecule has 2 aromatic rings. The van der Waals surface area contributed by atoms with Crippen LogP contribution in [0.2, 0.25) is 5.15 Å². The molecule has 0 spiro atoms. The van der Waals surface area contributed by atoms with Crippen LogP contribution in [0.15, 0.2) is 24.9 Å². The van der Waals surface area contributed by atoms with Gasteiger partial charge in [-0.15, -0.1) is 0 Å². The van der Waals surface area contributed by atoms with Gasteiger partial charge in [-0.3, -0.25) is 4.79 Å². The lowest BCUT2D eigenvalue weighted by Gasteiger charge is -2.01. The van der Waals surface area contributed by atoms with Crippen LogP contribution in [0, 0.1) is 0 Å². The standard InChI is InChI=1S/C10H11ClN6O/c11-8-3-9(14-5-13-8)16-10(18)7-4-17(2-1-12)6-15-7/h3-6H,1-2,12H2,(H,13,14,16,18). The summed E-state index contributed by atoms with van der Waals surface area (Å²) in [5.74, 6) is -0.0334. The van der Waals surface area contributed by atoms with E-state index in [0.717, 1.165) is 0 Å². The molecule has 0 unspecified atom stereocenters. The molecule has 0 bridgehead atoms. The van der Waals surface area contributed by atoms with Crippen molar-refractivity contribution < 1.29 is 4.79 Å². The van der Waals surface area contributed by atoms with Crippen LogP contribution in [-0.2, 0) is 6.54 Å². The number of halogens is 1. The summed E-state index contributed by atoms with van der Waals surface area (Å²) in [6.45, 7) is 1.10. The molecule has 3 N–H and O–H groups in total. The Morgan fingerprint density at radius 1 is 1.44 bits per heavy atom. The van der Waals surface area contributed by atoms with E-state index in [0.29, 0.717) is 18.9 Å². The van der Waals surface area contributed by atoms with Gasteiger partial charge in [0, 0.05) is 25.4 Å². The number of hydrogen-bond donors (Lipinski definition) is 2. The van der Waals surface area contributed by atoms with Gasteiger partial charge in [-0.2, -0.15) is 0 Å². The Balaban J connectivity index is 2.07. The molecule has 0 fully saturated rings. The lowest BCUT2D eigenvalue weighted by atomic mass is 10.4. The average Bonchev–Trinajstić information content (AvgIpc) is 2.78. The number of anilines is 1. The van der Waals surface area contributed by atoms with Crippen molar-refractivity contribution >= 4 is 23.3 Å². The second-order valence-electron chi connectivity index (χ2n) is 3.47. The number of rotatable bonds is 4. The normalized spacial score (nSPS) is 10.3. The number of nitrogens with one attached hydrogen (secondary N) is 1. The first-order chi connectivity index (χ1) is 8.69. The molecule has 7 nitrogen and oxygen atoms in total. The molecule has 1 amide bonds. The Bertz CT molecular complexity index is 555. The predicted octanol–water partition coefficient (Wildman–Crippen LogP) is 0.537. The van der Waals surface area contributed by atoms with Crippen LogP contribution in [0.5, 0.6) is 0 Å². The number of amides is 1. The van der Waals surface area contributed by atoms with Gasteiger partial charge < -0.3 is 15.6 Å². The SMILES string of the molecule is NCCn1cnc(C(=O)Nc2cc(Cl)ncn2)c1. The van der Waals surface area contributed by atoms with Gasteiger partial charge in [0.1, 0.15) is 23.0 Å². The van der Waals surface area contributed by atoms with Gasteiger partial charge in [-0.1, -0.05) is 11.6 Å². The van der Waals surface area contributed by atoms with Crippen molar-refractivity contribution in [1.29, 1.82) is 0 Å². The second kappa shape index (κ2) is 5.56. The fourth-order valence-electron chi connectivity index (χ4n) is 1.33. The summed E-state index contributed by atoms with van der Waals surface area (Å²) in [7, 11) is 0. The van der Waals surface area contributed by atoms with E-state index in [1.807, 2.05) is 0 Å². The van der Waals surface area contributed by atoms with Crippen molar-refractivity contribution in [1.82, 2.24) is 19.5 Å². The Morgan fingerprint density at radius 2 is 2.28 bits per heavy atom. The smallest absolute Gasteiger partial charge is 0.277 e.